The fourth-order valence-electron chi connectivity index (χ4n) is 7.40. The predicted octanol–water partition coefficient (Wildman–Crippen LogP) is 12.5. The van der Waals surface area contributed by atoms with Crippen molar-refractivity contribution in [2.45, 2.75) is 0 Å². The van der Waals surface area contributed by atoms with Gasteiger partial charge in [0, 0.05) is 21.7 Å². The van der Waals surface area contributed by atoms with Gasteiger partial charge in [-0.2, -0.15) is 0 Å². The Morgan fingerprint density at radius 2 is 0.824 bits per heavy atom. The lowest BCUT2D eigenvalue weighted by atomic mass is 9.99. The maximum Gasteiger partial charge on any atom is 0.162 e. The molecule has 0 atom stereocenters. The molecule has 0 fully saturated rings. The van der Waals surface area contributed by atoms with Gasteiger partial charge in [-0.3, -0.25) is 4.57 Å². The van der Waals surface area contributed by atoms with Crippen molar-refractivity contribution in [3.8, 4) is 50.6 Å². The van der Waals surface area contributed by atoms with E-state index in [1.807, 2.05) is 0 Å². The third kappa shape index (κ3) is 5.06. The van der Waals surface area contributed by atoms with Crippen molar-refractivity contribution in [3.63, 3.8) is 0 Å². The van der Waals surface area contributed by atoms with Crippen LogP contribution in [-0.4, -0.2) is 14.5 Å². The summed E-state index contributed by atoms with van der Waals surface area (Å²) < 4.78 is 2.33. The van der Waals surface area contributed by atoms with Crippen molar-refractivity contribution < 1.29 is 0 Å². The van der Waals surface area contributed by atoms with E-state index in [2.05, 4.69) is 193 Å². The van der Waals surface area contributed by atoms with Crippen molar-refractivity contribution in [1.29, 1.82) is 0 Å². The van der Waals surface area contributed by atoms with Gasteiger partial charge in [0.15, 0.2) is 5.82 Å². The zero-order valence-corrected chi connectivity index (χ0v) is 27.7. The number of hydrogen-bond donors (Lipinski definition) is 0. The molecule has 0 aliphatic carbocycles. The number of fused-ring (bicyclic) bond motifs is 5. The molecule has 0 saturated carbocycles. The smallest absolute Gasteiger partial charge is 0.162 e. The molecule has 3 nitrogen and oxygen atoms in total. The van der Waals surface area contributed by atoms with Crippen LogP contribution in [0.3, 0.4) is 0 Å². The van der Waals surface area contributed by atoms with Crippen LogP contribution in [0.2, 0.25) is 0 Å². The molecule has 0 aliphatic rings. The Bertz CT molecular complexity index is 2870. The third-order valence-corrected chi connectivity index (χ3v) is 10.0. The second-order valence-corrected chi connectivity index (χ2v) is 13.1. The largest absolute Gasteiger partial charge is 0.293 e. The maximum atomic E-state index is 5.40. The van der Waals surface area contributed by atoms with Gasteiger partial charge >= 0.3 is 0 Å². The van der Waals surface area contributed by atoms with Crippen LogP contribution < -0.4 is 0 Å². The van der Waals surface area contributed by atoms with E-state index in [0.29, 0.717) is 5.82 Å². The van der Waals surface area contributed by atoms with Crippen LogP contribution in [0.5, 0.6) is 0 Å². The van der Waals surface area contributed by atoms with E-state index in [1.165, 1.54) is 38.2 Å². The normalized spacial score (nSPS) is 11.5. The lowest BCUT2D eigenvalue weighted by Crippen LogP contribution is -2.03. The molecule has 2 aromatic heterocycles. The highest BCUT2D eigenvalue weighted by atomic mass is 15.1. The molecule has 10 rings (SSSR count). The number of rotatable bonds is 5. The first kappa shape index (κ1) is 29.1. The van der Waals surface area contributed by atoms with Crippen LogP contribution in [0.1, 0.15) is 0 Å². The minimum atomic E-state index is 0.695. The summed E-state index contributed by atoms with van der Waals surface area (Å²) >= 11 is 0. The van der Waals surface area contributed by atoms with E-state index in [-0.39, 0.29) is 0 Å². The minimum Gasteiger partial charge on any atom is -0.293 e. The highest BCUT2D eigenvalue weighted by molar-refractivity contribution is 6.14. The fraction of sp³-hybridized carbons (Fsp3) is 0. The topological polar surface area (TPSA) is 30.7 Å². The molecule has 0 unspecified atom stereocenters. The van der Waals surface area contributed by atoms with E-state index in [1.54, 1.807) is 0 Å². The number of para-hydroxylation sites is 1. The Balaban J connectivity index is 1.15. The van der Waals surface area contributed by atoms with Gasteiger partial charge in [0.1, 0.15) is 5.82 Å². The summed E-state index contributed by atoms with van der Waals surface area (Å²) in [4.78, 5) is 10.6. The van der Waals surface area contributed by atoms with Crippen LogP contribution >= 0.6 is 0 Å². The first-order valence-electron chi connectivity index (χ1n) is 17.3. The van der Waals surface area contributed by atoms with Gasteiger partial charge in [-0.25, -0.2) is 9.97 Å². The molecule has 0 aliphatic heterocycles. The Morgan fingerprint density at radius 3 is 1.49 bits per heavy atom. The van der Waals surface area contributed by atoms with Crippen molar-refractivity contribution in [1.82, 2.24) is 14.5 Å². The number of aromatic nitrogens is 3. The van der Waals surface area contributed by atoms with Crippen LogP contribution in [0.25, 0.3) is 94.1 Å². The molecule has 0 N–H and O–H groups in total. The number of hydrogen-bond acceptors (Lipinski definition) is 2. The molecule has 2 heterocycles. The Hall–Kier alpha value is -6.84. The molecular formula is C48H31N3. The van der Waals surface area contributed by atoms with Gasteiger partial charge in [0.2, 0.25) is 0 Å². The third-order valence-electron chi connectivity index (χ3n) is 10.0. The second kappa shape index (κ2) is 11.9. The molecule has 0 bridgehead atoms. The quantitative estimate of drug-likeness (QED) is 0.186. The second-order valence-electron chi connectivity index (χ2n) is 13.1. The van der Waals surface area contributed by atoms with Gasteiger partial charge < -0.3 is 0 Å². The van der Waals surface area contributed by atoms with Gasteiger partial charge in [-0.15, -0.1) is 0 Å². The van der Waals surface area contributed by atoms with Crippen LogP contribution in [-0.2, 0) is 0 Å². The summed E-state index contributed by atoms with van der Waals surface area (Å²) in [7, 11) is 0. The first-order chi connectivity index (χ1) is 25.3. The monoisotopic (exact) mass is 649 g/mol. The average molecular weight is 650 g/mol. The van der Waals surface area contributed by atoms with Crippen molar-refractivity contribution in [3.05, 3.63) is 188 Å². The first-order valence-corrected chi connectivity index (χ1v) is 17.3. The van der Waals surface area contributed by atoms with Gasteiger partial charge in [-0.05, 0) is 74.5 Å². The molecule has 3 heteroatoms. The van der Waals surface area contributed by atoms with Crippen LogP contribution in [0.15, 0.2) is 188 Å². The van der Waals surface area contributed by atoms with Crippen LogP contribution in [0.4, 0.5) is 0 Å². The molecule has 0 amide bonds. The van der Waals surface area contributed by atoms with E-state index >= 15 is 0 Å². The standard InChI is InChI=1S/C48H31N3/c1-3-11-32(12-4-1)34-19-21-35(22-20-34)36-23-25-37(26-24-36)47-49-44-30-40(33-13-5-2-6-14-33)27-28-42(44)48(50-47)51-45-18-10-9-17-41(45)43-29-38-15-7-8-16-39(38)31-46(43)51/h1-31H. The fourth-order valence-corrected chi connectivity index (χ4v) is 7.40. The Morgan fingerprint density at radius 1 is 0.314 bits per heavy atom. The van der Waals surface area contributed by atoms with E-state index < -0.39 is 0 Å². The lowest BCUT2D eigenvalue weighted by Gasteiger charge is -2.14. The van der Waals surface area contributed by atoms with E-state index in [0.717, 1.165) is 50.0 Å². The Kier molecular flexibility index (Phi) is 6.81. The minimum absolute atomic E-state index is 0.695. The summed E-state index contributed by atoms with van der Waals surface area (Å²) in [5.74, 6) is 1.57. The molecule has 0 radical (unpaired) electrons. The number of nitrogens with zero attached hydrogens (tertiary/aromatic N) is 3. The highest BCUT2D eigenvalue weighted by Gasteiger charge is 2.19. The lowest BCUT2D eigenvalue weighted by molar-refractivity contribution is 1.08. The van der Waals surface area contributed by atoms with Gasteiger partial charge in [0.05, 0.1) is 16.6 Å². The Labute approximate surface area is 295 Å². The van der Waals surface area contributed by atoms with E-state index in [9.17, 15) is 0 Å². The molecule has 238 valence electrons. The average Bonchev–Trinajstić information content (AvgIpc) is 3.53. The SMILES string of the molecule is c1ccc(-c2ccc(-c3ccc(-c4nc(-n5c6ccccc6c6cc7ccccc7cc65)c5ccc(-c6ccccc6)cc5n4)cc3)cc2)cc1. The summed E-state index contributed by atoms with van der Waals surface area (Å²) in [6, 6.07) is 66.8. The maximum absolute atomic E-state index is 5.40. The summed E-state index contributed by atoms with van der Waals surface area (Å²) in [6.45, 7) is 0. The highest BCUT2D eigenvalue weighted by Crippen LogP contribution is 2.38. The zero-order chi connectivity index (χ0) is 33.7. The van der Waals surface area contributed by atoms with Crippen LogP contribution in [0, 0.1) is 0 Å². The summed E-state index contributed by atoms with van der Waals surface area (Å²) in [6.07, 6.45) is 0. The van der Waals surface area contributed by atoms with Gasteiger partial charge in [-0.1, -0.05) is 158 Å². The molecule has 0 spiro atoms. The zero-order valence-electron chi connectivity index (χ0n) is 27.7. The summed E-state index contributed by atoms with van der Waals surface area (Å²) in [5.41, 5.74) is 11.2. The van der Waals surface area contributed by atoms with Gasteiger partial charge in [0.25, 0.3) is 0 Å². The molecule has 0 saturated heterocycles. The molecule has 51 heavy (non-hydrogen) atoms. The van der Waals surface area contributed by atoms with Crippen molar-refractivity contribution >= 4 is 43.5 Å². The van der Waals surface area contributed by atoms with Crippen molar-refractivity contribution in [2.75, 3.05) is 0 Å². The van der Waals surface area contributed by atoms with E-state index in [4.69, 9.17) is 9.97 Å². The molecule has 8 aromatic carbocycles. The summed E-state index contributed by atoms with van der Waals surface area (Å²) in [5, 5.41) is 5.84. The molecule has 10 aromatic rings. The predicted molar refractivity (Wildman–Crippen MR) is 213 cm³/mol. The van der Waals surface area contributed by atoms with Crippen molar-refractivity contribution in [2.24, 2.45) is 0 Å². The number of benzene rings is 8. The molecular weight excluding hydrogens is 619 g/mol.